The van der Waals surface area contributed by atoms with Crippen molar-refractivity contribution in [2.24, 2.45) is 11.7 Å². The first-order valence-corrected chi connectivity index (χ1v) is 8.32. The van der Waals surface area contributed by atoms with Gasteiger partial charge in [0.1, 0.15) is 0 Å². The van der Waals surface area contributed by atoms with E-state index in [-0.39, 0.29) is 24.3 Å². The maximum Gasteiger partial charge on any atom is 0.305 e. The number of carboxylic acid groups (broad SMARTS) is 1. The van der Waals surface area contributed by atoms with E-state index in [9.17, 15) is 14.7 Å². The molecule has 2 unspecified atom stereocenters. The maximum absolute atomic E-state index is 12.6. The highest BCUT2D eigenvalue weighted by Crippen LogP contribution is 2.32. The second-order valence-corrected chi connectivity index (χ2v) is 6.81. The first kappa shape index (κ1) is 16.3. The Morgan fingerprint density at radius 2 is 1.67 bits per heavy atom. The average Bonchev–Trinajstić information content (AvgIpc) is 2.63. The molecule has 2 aliphatic rings. The number of carbonyl (C=O) groups is 2. The molecule has 5 heteroatoms. The Balaban J connectivity index is 2.04. The number of carboxylic acids is 1. The number of carbonyl (C=O) groups excluding carboxylic acids is 1. The van der Waals surface area contributed by atoms with Crippen molar-refractivity contribution in [3.63, 3.8) is 0 Å². The molecule has 0 aromatic heterocycles. The van der Waals surface area contributed by atoms with E-state index >= 15 is 0 Å². The van der Waals surface area contributed by atoms with E-state index in [1.165, 1.54) is 0 Å². The van der Waals surface area contributed by atoms with Gasteiger partial charge in [0.05, 0.1) is 17.9 Å². The van der Waals surface area contributed by atoms with Crippen LogP contribution in [-0.4, -0.2) is 28.6 Å². The van der Waals surface area contributed by atoms with Gasteiger partial charge in [0, 0.05) is 6.04 Å². The van der Waals surface area contributed by atoms with Gasteiger partial charge in [0.25, 0.3) is 0 Å². The fourth-order valence-electron chi connectivity index (χ4n) is 3.88. The van der Waals surface area contributed by atoms with E-state index in [1.54, 1.807) is 0 Å². The number of hydrogen-bond acceptors (Lipinski definition) is 3. The minimum Gasteiger partial charge on any atom is -0.481 e. The van der Waals surface area contributed by atoms with Gasteiger partial charge in [0.2, 0.25) is 5.91 Å². The second kappa shape index (κ2) is 7.25. The molecule has 0 aromatic rings. The van der Waals surface area contributed by atoms with Crippen LogP contribution in [0.2, 0.25) is 0 Å². The van der Waals surface area contributed by atoms with Crippen LogP contribution in [0.3, 0.4) is 0 Å². The van der Waals surface area contributed by atoms with E-state index in [0.717, 1.165) is 64.2 Å². The normalized spacial score (nSPS) is 29.4. The third-order valence-corrected chi connectivity index (χ3v) is 5.09. The van der Waals surface area contributed by atoms with Crippen LogP contribution in [0.15, 0.2) is 0 Å². The molecular weight excluding hydrogens is 268 g/mol. The van der Waals surface area contributed by atoms with Crippen LogP contribution >= 0.6 is 0 Å². The molecule has 0 radical (unpaired) electrons. The summed E-state index contributed by atoms with van der Waals surface area (Å²) in [6.45, 7) is 0. The van der Waals surface area contributed by atoms with Crippen LogP contribution < -0.4 is 11.1 Å². The van der Waals surface area contributed by atoms with E-state index in [1.807, 2.05) is 0 Å². The summed E-state index contributed by atoms with van der Waals surface area (Å²) in [5, 5.41) is 12.3. The molecule has 0 saturated heterocycles. The summed E-state index contributed by atoms with van der Waals surface area (Å²) in [6.07, 6.45) is 9.66. The van der Waals surface area contributed by atoms with Crippen molar-refractivity contribution in [2.45, 2.75) is 82.2 Å². The number of rotatable bonds is 4. The summed E-state index contributed by atoms with van der Waals surface area (Å²) in [5.41, 5.74) is 5.60. The Morgan fingerprint density at radius 3 is 2.33 bits per heavy atom. The minimum absolute atomic E-state index is 0.0208. The van der Waals surface area contributed by atoms with Crippen molar-refractivity contribution in [1.82, 2.24) is 5.32 Å². The summed E-state index contributed by atoms with van der Waals surface area (Å²) in [5.74, 6) is -1.00. The van der Waals surface area contributed by atoms with E-state index in [2.05, 4.69) is 5.32 Å². The molecule has 2 saturated carbocycles. The summed E-state index contributed by atoms with van der Waals surface area (Å²) in [6, 6.07) is -0.0852. The standard InChI is InChI=1S/C16H28N2O3/c17-13-8-4-1-3-7-12(13)15(21)18-16(11-14(19)20)9-5-2-6-10-16/h12-13H,1-11,17H2,(H,18,21)(H,19,20). The molecule has 4 N–H and O–H groups in total. The van der Waals surface area contributed by atoms with Gasteiger partial charge in [-0.1, -0.05) is 38.5 Å². The fourth-order valence-corrected chi connectivity index (χ4v) is 3.88. The van der Waals surface area contributed by atoms with Gasteiger partial charge in [-0.3, -0.25) is 9.59 Å². The monoisotopic (exact) mass is 296 g/mol. The molecule has 0 aromatic carbocycles. The maximum atomic E-state index is 12.6. The van der Waals surface area contributed by atoms with Crippen molar-refractivity contribution in [1.29, 1.82) is 0 Å². The molecule has 0 bridgehead atoms. The molecule has 2 atom stereocenters. The minimum atomic E-state index is -0.831. The first-order valence-electron chi connectivity index (χ1n) is 8.32. The third-order valence-electron chi connectivity index (χ3n) is 5.09. The van der Waals surface area contributed by atoms with Crippen LogP contribution in [-0.2, 0) is 9.59 Å². The zero-order chi connectivity index (χ0) is 15.3. The number of hydrogen-bond donors (Lipinski definition) is 3. The lowest BCUT2D eigenvalue weighted by molar-refractivity contribution is -0.140. The lowest BCUT2D eigenvalue weighted by Gasteiger charge is -2.38. The van der Waals surface area contributed by atoms with Gasteiger partial charge in [-0.15, -0.1) is 0 Å². The van der Waals surface area contributed by atoms with Gasteiger partial charge in [0.15, 0.2) is 0 Å². The summed E-state index contributed by atoms with van der Waals surface area (Å²) in [4.78, 5) is 23.8. The molecule has 1 amide bonds. The van der Waals surface area contributed by atoms with Crippen LogP contribution in [0, 0.1) is 5.92 Å². The second-order valence-electron chi connectivity index (χ2n) is 6.81. The van der Waals surface area contributed by atoms with Gasteiger partial charge in [-0.2, -0.15) is 0 Å². The highest BCUT2D eigenvalue weighted by molar-refractivity contribution is 5.81. The first-order chi connectivity index (χ1) is 10.0. The third kappa shape index (κ3) is 4.43. The number of nitrogens with one attached hydrogen (secondary N) is 1. The van der Waals surface area contributed by atoms with Crippen LogP contribution in [0.5, 0.6) is 0 Å². The zero-order valence-electron chi connectivity index (χ0n) is 12.8. The van der Waals surface area contributed by atoms with Crippen molar-refractivity contribution >= 4 is 11.9 Å². The molecule has 5 nitrogen and oxygen atoms in total. The summed E-state index contributed by atoms with van der Waals surface area (Å²) >= 11 is 0. The van der Waals surface area contributed by atoms with Crippen LogP contribution in [0.4, 0.5) is 0 Å². The topological polar surface area (TPSA) is 92.4 Å². The summed E-state index contributed by atoms with van der Waals surface area (Å²) < 4.78 is 0. The van der Waals surface area contributed by atoms with Gasteiger partial charge in [-0.25, -0.2) is 0 Å². The van der Waals surface area contributed by atoms with Crippen molar-refractivity contribution in [3.8, 4) is 0 Å². The molecule has 120 valence electrons. The van der Waals surface area contributed by atoms with Gasteiger partial charge in [-0.05, 0) is 25.7 Å². The van der Waals surface area contributed by atoms with Crippen LogP contribution in [0.25, 0.3) is 0 Å². The Morgan fingerprint density at radius 1 is 1.05 bits per heavy atom. The lowest BCUT2D eigenvalue weighted by Crippen LogP contribution is -2.54. The highest BCUT2D eigenvalue weighted by Gasteiger charge is 2.38. The number of amides is 1. The zero-order valence-corrected chi connectivity index (χ0v) is 12.8. The molecular formula is C16H28N2O3. The van der Waals surface area contributed by atoms with E-state index in [0.29, 0.717) is 0 Å². The number of aliphatic carboxylic acids is 1. The largest absolute Gasteiger partial charge is 0.481 e. The molecule has 0 spiro atoms. The molecule has 0 aliphatic heterocycles. The van der Waals surface area contributed by atoms with Crippen molar-refractivity contribution < 1.29 is 14.7 Å². The van der Waals surface area contributed by atoms with E-state index < -0.39 is 11.5 Å². The Hall–Kier alpha value is -1.10. The molecule has 2 aliphatic carbocycles. The molecule has 2 rings (SSSR count). The molecule has 21 heavy (non-hydrogen) atoms. The number of nitrogens with two attached hydrogens (primary N) is 1. The smallest absolute Gasteiger partial charge is 0.305 e. The van der Waals surface area contributed by atoms with E-state index in [4.69, 9.17) is 5.73 Å². The van der Waals surface area contributed by atoms with Gasteiger partial charge < -0.3 is 16.2 Å². The molecule has 0 heterocycles. The Kier molecular flexibility index (Phi) is 5.62. The Labute approximate surface area is 126 Å². The van der Waals surface area contributed by atoms with Gasteiger partial charge >= 0.3 is 5.97 Å². The quantitative estimate of drug-likeness (QED) is 0.693. The van der Waals surface area contributed by atoms with Crippen molar-refractivity contribution in [3.05, 3.63) is 0 Å². The predicted molar refractivity (Wildman–Crippen MR) is 80.8 cm³/mol. The van der Waals surface area contributed by atoms with Crippen LogP contribution in [0.1, 0.15) is 70.6 Å². The van der Waals surface area contributed by atoms with Crippen molar-refractivity contribution in [2.75, 3.05) is 0 Å². The summed E-state index contributed by atoms with van der Waals surface area (Å²) in [7, 11) is 0. The molecule has 2 fully saturated rings. The highest BCUT2D eigenvalue weighted by atomic mass is 16.4. The Bertz CT molecular complexity index is 378. The average molecular weight is 296 g/mol. The predicted octanol–water partition coefficient (Wildman–Crippen LogP) is 2.19. The lowest BCUT2D eigenvalue weighted by atomic mass is 9.78. The SMILES string of the molecule is NC1CCCCCC1C(=O)NC1(CC(=O)O)CCCCC1. The fraction of sp³-hybridized carbons (Fsp3) is 0.875.